The van der Waals surface area contributed by atoms with E-state index in [1.165, 1.54) is 48.2 Å². The van der Waals surface area contributed by atoms with Crippen molar-refractivity contribution in [2.24, 2.45) is 0 Å². The van der Waals surface area contributed by atoms with Gasteiger partial charge in [0.1, 0.15) is 0 Å². The van der Waals surface area contributed by atoms with E-state index in [9.17, 15) is 32.3 Å². The Labute approximate surface area is 213 Å². The summed E-state index contributed by atoms with van der Waals surface area (Å²) in [5.41, 5.74) is -3.25. The molecule has 194 valence electrons. The Morgan fingerprint density at radius 3 is 2.19 bits per heavy atom. The molecule has 1 aromatic heterocycles. The van der Waals surface area contributed by atoms with Gasteiger partial charge >= 0.3 is 11.9 Å². The molecule has 1 aliphatic heterocycles. The Morgan fingerprint density at radius 1 is 0.973 bits per heavy atom. The molecule has 0 radical (unpaired) electrons. The van der Waals surface area contributed by atoms with E-state index in [4.69, 9.17) is 11.6 Å². The van der Waals surface area contributed by atoms with Crippen molar-refractivity contribution < 1.29 is 22.8 Å². The van der Waals surface area contributed by atoms with E-state index in [1.807, 2.05) is 0 Å². The minimum absolute atomic E-state index is 0.0383. The van der Waals surface area contributed by atoms with Gasteiger partial charge in [-0.25, -0.2) is 4.79 Å². The van der Waals surface area contributed by atoms with Gasteiger partial charge in [-0.1, -0.05) is 23.7 Å². The first-order valence-corrected chi connectivity index (χ1v) is 11.5. The summed E-state index contributed by atoms with van der Waals surface area (Å²) in [4.78, 5) is 54.4. The molecule has 0 unspecified atom stereocenters. The summed E-state index contributed by atoms with van der Waals surface area (Å²) in [6, 6.07) is 10.1. The second-order valence-electron chi connectivity index (χ2n) is 8.41. The average molecular weight is 536 g/mol. The van der Waals surface area contributed by atoms with Gasteiger partial charge in [-0.05, 0) is 42.0 Å². The van der Waals surface area contributed by atoms with Crippen LogP contribution in [0.3, 0.4) is 0 Å². The lowest BCUT2D eigenvalue weighted by Gasteiger charge is -2.33. The molecule has 2 amide bonds. The topological polar surface area (TPSA) is 97.5 Å². The van der Waals surface area contributed by atoms with E-state index in [2.05, 4.69) is 5.10 Å². The van der Waals surface area contributed by atoms with Crippen LogP contribution < -0.4 is 11.2 Å². The van der Waals surface area contributed by atoms with Crippen LogP contribution in [0.1, 0.15) is 28.5 Å². The smallest absolute Gasteiger partial charge is 0.339 e. The lowest BCUT2D eigenvalue weighted by atomic mass is 10.1. The Hall–Kier alpha value is -3.93. The van der Waals surface area contributed by atoms with Crippen LogP contribution in [0.4, 0.5) is 13.2 Å². The number of carbonyl (C=O) groups is 2. The number of benzene rings is 2. The maximum Gasteiger partial charge on any atom is 0.416 e. The third-order valence-corrected chi connectivity index (χ3v) is 6.19. The molecule has 3 aromatic rings. The Bertz CT molecular complexity index is 1460. The molecule has 1 saturated heterocycles. The number of hydrogen-bond donors (Lipinski definition) is 0. The van der Waals surface area contributed by atoms with Crippen LogP contribution in [0.2, 0.25) is 5.02 Å². The van der Waals surface area contributed by atoms with Gasteiger partial charge in [0.2, 0.25) is 11.6 Å². The van der Waals surface area contributed by atoms with Crippen LogP contribution in [0.25, 0.3) is 5.69 Å². The lowest BCUT2D eigenvalue weighted by Crippen LogP contribution is -2.52. The molecule has 2 heterocycles. The highest BCUT2D eigenvalue weighted by Crippen LogP contribution is 2.29. The number of nitrogens with zero attached hydrogens (tertiary/aromatic N) is 5. The second kappa shape index (κ2) is 10.2. The predicted octanol–water partition coefficient (Wildman–Crippen LogP) is 2.42. The number of amides is 2. The summed E-state index contributed by atoms with van der Waals surface area (Å²) >= 11 is 5.93. The van der Waals surface area contributed by atoms with Crippen molar-refractivity contribution in [3.05, 3.63) is 91.2 Å². The van der Waals surface area contributed by atoms with Gasteiger partial charge in [0.05, 0.1) is 17.8 Å². The lowest BCUT2D eigenvalue weighted by molar-refractivity contribution is -0.137. The average Bonchev–Trinajstić information content (AvgIpc) is 2.87. The van der Waals surface area contributed by atoms with Gasteiger partial charge < -0.3 is 9.80 Å². The number of rotatable bonds is 4. The van der Waals surface area contributed by atoms with Crippen LogP contribution in [0, 0.1) is 0 Å². The summed E-state index contributed by atoms with van der Waals surface area (Å²) in [6.07, 6.45) is -4.62. The molecule has 0 bridgehead atoms. The minimum atomic E-state index is -4.62. The molecule has 0 atom stereocenters. The zero-order chi connectivity index (χ0) is 26.9. The van der Waals surface area contributed by atoms with E-state index in [1.54, 1.807) is 4.90 Å². The molecule has 13 heteroatoms. The molecule has 9 nitrogen and oxygen atoms in total. The fourth-order valence-electron chi connectivity index (χ4n) is 3.94. The minimum Gasteiger partial charge on any atom is -0.339 e. The molecule has 4 rings (SSSR count). The predicted molar refractivity (Wildman–Crippen MR) is 128 cm³/mol. The van der Waals surface area contributed by atoms with Crippen molar-refractivity contribution in [2.75, 3.05) is 26.2 Å². The Balaban J connectivity index is 1.80. The molecule has 1 aliphatic rings. The zero-order valence-electron chi connectivity index (χ0n) is 19.5. The van der Waals surface area contributed by atoms with E-state index in [0.717, 1.165) is 16.8 Å². The highest BCUT2D eigenvalue weighted by Gasteiger charge is 2.31. The van der Waals surface area contributed by atoms with E-state index < -0.39 is 41.1 Å². The standard InChI is InChI=1S/C24H21ClF3N5O4/c1-15(34)30-9-11-31(12-10-30)21(35)20-22(36)32(14-16-3-2-4-17(13-16)24(26,27)28)23(37)33(29-20)19-7-5-18(25)6-8-19/h2-8,13H,9-12,14H2,1H3. The van der Waals surface area contributed by atoms with Gasteiger partial charge in [0.15, 0.2) is 0 Å². The quantitative estimate of drug-likeness (QED) is 0.511. The van der Waals surface area contributed by atoms with Crippen molar-refractivity contribution in [3.63, 3.8) is 0 Å². The van der Waals surface area contributed by atoms with E-state index >= 15 is 0 Å². The maximum atomic E-state index is 13.3. The van der Waals surface area contributed by atoms with Gasteiger partial charge in [-0.2, -0.15) is 23.0 Å². The Morgan fingerprint density at radius 2 is 1.59 bits per heavy atom. The van der Waals surface area contributed by atoms with Crippen molar-refractivity contribution in [2.45, 2.75) is 19.6 Å². The molecular weight excluding hydrogens is 515 g/mol. The van der Waals surface area contributed by atoms with Crippen LogP contribution in [0.15, 0.2) is 58.1 Å². The van der Waals surface area contributed by atoms with Crippen molar-refractivity contribution in [3.8, 4) is 5.69 Å². The highest BCUT2D eigenvalue weighted by atomic mass is 35.5. The van der Waals surface area contributed by atoms with Crippen molar-refractivity contribution in [1.82, 2.24) is 24.1 Å². The van der Waals surface area contributed by atoms with Crippen molar-refractivity contribution >= 4 is 23.4 Å². The third-order valence-electron chi connectivity index (χ3n) is 5.94. The molecule has 0 aliphatic carbocycles. The second-order valence-corrected chi connectivity index (χ2v) is 8.84. The third kappa shape index (κ3) is 5.58. The summed E-state index contributed by atoms with van der Waals surface area (Å²) in [7, 11) is 0. The van der Waals surface area contributed by atoms with Gasteiger partial charge in [0, 0.05) is 38.1 Å². The number of alkyl halides is 3. The first-order chi connectivity index (χ1) is 17.5. The normalized spacial score (nSPS) is 14.1. The fraction of sp³-hybridized carbons (Fsp3) is 0.292. The van der Waals surface area contributed by atoms with Crippen LogP contribution in [0.5, 0.6) is 0 Å². The number of aromatic nitrogens is 3. The Kier molecular flexibility index (Phi) is 7.21. The number of piperazine rings is 1. The van der Waals surface area contributed by atoms with E-state index in [-0.39, 0.29) is 43.3 Å². The van der Waals surface area contributed by atoms with Gasteiger partial charge in [0.25, 0.3) is 11.5 Å². The molecule has 0 N–H and O–H groups in total. The van der Waals surface area contributed by atoms with Gasteiger partial charge in [-0.3, -0.25) is 19.0 Å². The fourth-order valence-corrected chi connectivity index (χ4v) is 4.07. The summed E-state index contributed by atoms with van der Waals surface area (Å²) < 4.78 is 41.1. The van der Waals surface area contributed by atoms with E-state index in [0.29, 0.717) is 9.59 Å². The maximum absolute atomic E-state index is 13.3. The zero-order valence-corrected chi connectivity index (χ0v) is 20.3. The summed E-state index contributed by atoms with van der Waals surface area (Å²) in [5, 5.41) is 4.41. The molecule has 1 fully saturated rings. The largest absolute Gasteiger partial charge is 0.416 e. The monoisotopic (exact) mass is 535 g/mol. The molecule has 0 spiro atoms. The number of halogens is 4. The van der Waals surface area contributed by atoms with Crippen LogP contribution in [-0.4, -0.2) is 62.1 Å². The SMILES string of the molecule is CC(=O)N1CCN(C(=O)c2nn(-c3ccc(Cl)cc3)c(=O)n(Cc3cccc(C(F)(F)F)c3)c2=O)CC1. The number of carbonyl (C=O) groups excluding carboxylic acids is 2. The first kappa shape index (κ1) is 26.1. The molecule has 2 aromatic carbocycles. The number of hydrogen-bond acceptors (Lipinski definition) is 5. The molecule has 37 heavy (non-hydrogen) atoms. The summed E-state index contributed by atoms with van der Waals surface area (Å²) in [6.45, 7) is 1.71. The first-order valence-electron chi connectivity index (χ1n) is 11.2. The molecular formula is C24H21ClF3N5O4. The van der Waals surface area contributed by atoms with Gasteiger partial charge in [-0.15, -0.1) is 0 Å². The van der Waals surface area contributed by atoms with Crippen molar-refractivity contribution in [1.29, 1.82) is 0 Å². The summed E-state index contributed by atoms with van der Waals surface area (Å²) in [5.74, 6) is -0.904. The van der Waals surface area contributed by atoms with Crippen LogP contribution >= 0.6 is 11.6 Å². The molecule has 0 saturated carbocycles. The highest BCUT2D eigenvalue weighted by molar-refractivity contribution is 6.30. The van der Waals surface area contributed by atoms with Crippen LogP contribution in [-0.2, 0) is 17.5 Å².